The van der Waals surface area contributed by atoms with Crippen molar-refractivity contribution in [2.75, 3.05) is 13.6 Å². The number of hydrogen-bond acceptors (Lipinski definition) is 5. The van der Waals surface area contributed by atoms with E-state index in [0.717, 1.165) is 27.6 Å². The van der Waals surface area contributed by atoms with Crippen LogP contribution in [0, 0.1) is 0 Å². The van der Waals surface area contributed by atoms with E-state index in [2.05, 4.69) is 20.8 Å². The largest absolute Gasteiger partial charge is 0.388 e. The number of aromatic amines is 1. The van der Waals surface area contributed by atoms with E-state index in [1.54, 1.807) is 31.3 Å². The van der Waals surface area contributed by atoms with E-state index in [0.29, 0.717) is 28.6 Å². The molecule has 4 aromatic rings. The monoisotopic (exact) mass is 468 g/mol. The molecule has 9 heteroatoms. The number of aliphatic hydroxyl groups excluding tert-OH is 1. The van der Waals surface area contributed by atoms with E-state index < -0.39 is 6.10 Å². The summed E-state index contributed by atoms with van der Waals surface area (Å²) in [4.78, 5) is 25.0. The van der Waals surface area contributed by atoms with Crippen LogP contribution in [0.25, 0.3) is 22.0 Å². The van der Waals surface area contributed by atoms with Crippen LogP contribution in [0.2, 0.25) is 5.02 Å². The molecule has 0 fully saturated rings. The van der Waals surface area contributed by atoms with Crippen LogP contribution in [0.4, 0.5) is 0 Å². The van der Waals surface area contributed by atoms with Crippen LogP contribution in [-0.2, 0) is 0 Å². The Kier molecular flexibility index (Phi) is 6.55. The molecule has 0 aliphatic rings. The number of amides is 2. The Morgan fingerprint density at radius 3 is 2.66 bits per heavy atom. The number of carbonyl (C=O) groups excluding carboxylic acids is 2. The van der Waals surface area contributed by atoms with Crippen molar-refractivity contribution < 1.29 is 14.7 Å². The molecule has 2 amide bonds. The Labute approximate surface area is 193 Å². The van der Waals surface area contributed by atoms with Crippen molar-refractivity contribution in [1.29, 1.82) is 0 Å². The second-order valence-electron chi connectivity index (χ2n) is 7.22. The molecule has 164 valence electrons. The predicted octanol–water partition coefficient (Wildman–Crippen LogP) is 4.16. The van der Waals surface area contributed by atoms with Gasteiger partial charge in [-0.15, -0.1) is 11.3 Å². The lowest BCUT2D eigenvalue weighted by molar-refractivity contribution is 0.0942. The molecule has 4 rings (SSSR count). The first-order chi connectivity index (χ1) is 15.5. The molecule has 0 radical (unpaired) electrons. The molecule has 0 spiro atoms. The molecule has 0 saturated heterocycles. The summed E-state index contributed by atoms with van der Waals surface area (Å²) in [5.41, 5.74) is 3.67. The first-order valence-electron chi connectivity index (χ1n) is 9.97. The number of nitrogens with zero attached hydrogens (tertiary/aromatic N) is 1. The highest BCUT2D eigenvalue weighted by Gasteiger charge is 2.15. The maximum absolute atomic E-state index is 12.5. The Morgan fingerprint density at radius 1 is 1.12 bits per heavy atom. The zero-order valence-electron chi connectivity index (χ0n) is 17.2. The zero-order chi connectivity index (χ0) is 22.7. The zero-order valence-corrected chi connectivity index (χ0v) is 18.8. The molecular formula is C23H21ClN4O3S. The number of benzene rings is 2. The van der Waals surface area contributed by atoms with Gasteiger partial charge in [0.05, 0.1) is 16.5 Å². The molecule has 7 nitrogen and oxygen atoms in total. The normalized spacial score (nSPS) is 12.0. The maximum atomic E-state index is 12.5. The number of H-pyrrole nitrogens is 1. The van der Waals surface area contributed by atoms with E-state index >= 15 is 0 Å². The minimum Gasteiger partial charge on any atom is -0.388 e. The fraction of sp³-hybridized carbons (Fsp3) is 0.174. The highest BCUT2D eigenvalue weighted by atomic mass is 35.5. The third-order valence-corrected chi connectivity index (χ3v) is 6.30. The van der Waals surface area contributed by atoms with Gasteiger partial charge in [0.1, 0.15) is 0 Å². The molecule has 2 aromatic heterocycles. The van der Waals surface area contributed by atoms with Gasteiger partial charge in [0, 0.05) is 24.0 Å². The summed E-state index contributed by atoms with van der Waals surface area (Å²) in [6, 6.07) is 14.5. The first-order valence-corrected chi connectivity index (χ1v) is 11.2. The highest BCUT2D eigenvalue weighted by molar-refractivity contribution is 7.12. The minimum atomic E-state index is -0.674. The second kappa shape index (κ2) is 9.52. The number of fused-ring (bicyclic) bond motifs is 1. The third kappa shape index (κ3) is 4.67. The molecule has 2 heterocycles. The first kappa shape index (κ1) is 22.0. The summed E-state index contributed by atoms with van der Waals surface area (Å²) in [5, 5.41) is 25.9. The fourth-order valence-corrected chi connectivity index (χ4v) is 4.32. The molecule has 1 unspecified atom stereocenters. The maximum Gasteiger partial charge on any atom is 0.272 e. The van der Waals surface area contributed by atoms with Gasteiger partial charge in [-0.3, -0.25) is 14.7 Å². The predicted molar refractivity (Wildman–Crippen MR) is 126 cm³/mol. The molecule has 0 bridgehead atoms. The molecule has 0 saturated carbocycles. The van der Waals surface area contributed by atoms with Crippen LogP contribution in [0.15, 0.2) is 53.9 Å². The lowest BCUT2D eigenvalue weighted by Gasteiger charge is -2.11. The molecule has 2 aromatic carbocycles. The molecule has 1 atom stereocenters. The van der Waals surface area contributed by atoms with Crippen molar-refractivity contribution in [3.8, 4) is 11.1 Å². The molecule has 0 aliphatic carbocycles. The van der Waals surface area contributed by atoms with Crippen molar-refractivity contribution in [2.45, 2.75) is 12.5 Å². The van der Waals surface area contributed by atoms with E-state index in [9.17, 15) is 14.7 Å². The molecule has 0 aliphatic heterocycles. The summed E-state index contributed by atoms with van der Waals surface area (Å²) >= 11 is 7.22. The number of aromatic nitrogens is 2. The summed E-state index contributed by atoms with van der Waals surface area (Å²) in [6.45, 7) is 0.345. The quantitative estimate of drug-likeness (QED) is 0.326. The van der Waals surface area contributed by atoms with Gasteiger partial charge in [0.25, 0.3) is 11.8 Å². The number of halogens is 1. The van der Waals surface area contributed by atoms with Crippen molar-refractivity contribution in [2.24, 2.45) is 0 Å². The standard InChI is InChI=1S/C23H21ClN4O3S/c1-25-23(31)21-17-7-4-14(10-18(17)27-28-21)15-11-20(32-12-15)22(30)26-9-8-19(29)13-2-5-16(24)6-3-13/h2-7,10-12,19,29H,8-9H2,1H3,(H,25,31)(H,26,30)(H,27,28). The lowest BCUT2D eigenvalue weighted by atomic mass is 10.1. The van der Waals surface area contributed by atoms with Crippen LogP contribution in [0.3, 0.4) is 0 Å². The van der Waals surface area contributed by atoms with E-state index in [1.807, 2.05) is 29.6 Å². The minimum absolute atomic E-state index is 0.186. The summed E-state index contributed by atoms with van der Waals surface area (Å²) in [6.07, 6.45) is -0.275. The van der Waals surface area contributed by atoms with Crippen molar-refractivity contribution in [1.82, 2.24) is 20.8 Å². The lowest BCUT2D eigenvalue weighted by Crippen LogP contribution is -2.24. The van der Waals surface area contributed by atoms with Gasteiger partial charge in [-0.1, -0.05) is 29.8 Å². The smallest absolute Gasteiger partial charge is 0.272 e. The van der Waals surface area contributed by atoms with Crippen molar-refractivity contribution >= 4 is 45.7 Å². The van der Waals surface area contributed by atoms with Gasteiger partial charge >= 0.3 is 0 Å². The van der Waals surface area contributed by atoms with Crippen LogP contribution in [0.5, 0.6) is 0 Å². The number of hydrogen-bond donors (Lipinski definition) is 4. The van der Waals surface area contributed by atoms with Crippen LogP contribution in [0.1, 0.15) is 38.2 Å². The molecular weight excluding hydrogens is 448 g/mol. The summed E-state index contributed by atoms with van der Waals surface area (Å²) in [5.74, 6) is -0.436. The average Bonchev–Trinajstić information content (AvgIpc) is 3.46. The van der Waals surface area contributed by atoms with Gasteiger partial charge in [-0.2, -0.15) is 5.10 Å². The van der Waals surface area contributed by atoms with Crippen molar-refractivity contribution in [3.63, 3.8) is 0 Å². The van der Waals surface area contributed by atoms with E-state index in [1.165, 1.54) is 11.3 Å². The van der Waals surface area contributed by atoms with E-state index in [4.69, 9.17) is 11.6 Å². The third-order valence-electron chi connectivity index (χ3n) is 5.12. The van der Waals surface area contributed by atoms with E-state index in [-0.39, 0.29) is 11.8 Å². The van der Waals surface area contributed by atoms with Gasteiger partial charge in [0.2, 0.25) is 0 Å². The Bertz CT molecular complexity index is 1270. The summed E-state index contributed by atoms with van der Waals surface area (Å²) in [7, 11) is 1.56. The van der Waals surface area contributed by atoms with Crippen LogP contribution < -0.4 is 10.6 Å². The summed E-state index contributed by atoms with van der Waals surface area (Å²) < 4.78 is 0. The molecule has 4 N–H and O–H groups in total. The van der Waals surface area contributed by atoms with Crippen molar-refractivity contribution in [3.05, 3.63) is 75.1 Å². The fourth-order valence-electron chi connectivity index (χ4n) is 3.36. The number of thiophene rings is 1. The number of nitrogens with one attached hydrogen (secondary N) is 3. The topological polar surface area (TPSA) is 107 Å². The van der Waals surface area contributed by atoms with Crippen LogP contribution >= 0.6 is 22.9 Å². The number of carbonyl (C=O) groups is 2. The Morgan fingerprint density at radius 2 is 1.91 bits per heavy atom. The molecule has 32 heavy (non-hydrogen) atoms. The SMILES string of the molecule is CNC(=O)c1n[nH]c2cc(-c3csc(C(=O)NCCC(O)c4ccc(Cl)cc4)c3)ccc12. The number of rotatable bonds is 7. The van der Waals surface area contributed by atoms with Crippen LogP contribution in [-0.4, -0.2) is 40.7 Å². The average molecular weight is 469 g/mol. The second-order valence-corrected chi connectivity index (χ2v) is 8.57. The Hall–Kier alpha value is -3.20. The van der Waals surface area contributed by atoms with Gasteiger partial charge in [-0.05, 0) is 58.8 Å². The highest BCUT2D eigenvalue weighted by Crippen LogP contribution is 2.29. The number of aliphatic hydroxyl groups is 1. The Balaban J connectivity index is 1.39. The van der Waals surface area contributed by atoms with Gasteiger partial charge in [-0.25, -0.2) is 0 Å². The van der Waals surface area contributed by atoms with Gasteiger partial charge in [0.15, 0.2) is 5.69 Å². The van der Waals surface area contributed by atoms with Gasteiger partial charge < -0.3 is 15.7 Å².